The molecule has 0 aromatic heterocycles. The molecule has 1 N–H and O–H groups in total. The van der Waals surface area contributed by atoms with Gasteiger partial charge in [0.15, 0.2) is 6.10 Å². The lowest BCUT2D eigenvalue weighted by molar-refractivity contribution is -0.130. The van der Waals surface area contributed by atoms with Gasteiger partial charge in [0.1, 0.15) is 5.54 Å². The monoisotopic (exact) mass is 397 g/mol. The van der Waals surface area contributed by atoms with Gasteiger partial charge in [-0.1, -0.05) is 19.9 Å². The number of nitrogens with zero attached hydrogens (tertiary/aromatic N) is 2. The molecule has 29 heavy (non-hydrogen) atoms. The third-order valence-corrected chi connectivity index (χ3v) is 4.94. The van der Waals surface area contributed by atoms with Gasteiger partial charge in [0.25, 0.3) is 17.7 Å². The molecule has 0 bridgehead atoms. The molecule has 0 unspecified atom stereocenters. The second kappa shape index (κ2) is 8.27. The Balaban J connectivity index is 2.14. The standard InChI is InChI=1S/C21H23N3O5/c1-6-9-24-18(26)15-8-7-14(10-16(15)19(24)27)20(28)29-13(4)17(25)23-21(5,11-22)12(2)3/h6-8,10,12-13H,1,9H2,2-5H3,(H,23,25)/t13-,21-/m0/s1. The van der Waals surface area contributed by atoms with Gasteiger partial charge in [-0.2, -0.15) is 5.26 Å². The molecule has 152 valence electrons. The first-order valence-corrected chi connectivity index (χ1v) is 9.11. The van der Waals surface area contributed by atoms with Crippen molar-refractivity contribution in [2.45, 2.75) is 39.3 Å². The molecule has 0 saturated heterocycles. The number of carbonyl (C=O) groups is 4. The van der Waals surface area contributed by atoms with Crippen molar-refractivity contribution in [3.05, 3.63) is 47.5 Å². The lowest BCUT2D eigenvalue weighted by atomic mass is 9.90. The molecule has 1 aliphatic heterocycles. The minimum atomic E-state index is -1.16. The summed E-state index contributed by atoms with van der Waals surface area (Å²) in [5.74, 6) is -2.56. The molecule has 1 aromatic rings. The van der Waals surface area contributed by atoms with E-state index in [-0.39, 0.29) is 29.2 Å². The number of rotatable bonds is 7. The predicted molar refractivity (Wildman–Crippen MR) is 104 cm³/mol. The van der Waals surface area contributed by atoms with Crippen LogP contribution < -0.4 is 5.32 Å². The third-order valence-electron chi connectivity index (χ3n) is 4.94. The van der Waals surface area contributed by atoms with Gasteiger partial charge in [-0.25, -0.2) is 4.79 Å². The van der Waals surface area contributed by atoms with Crippen LogP contribution >= 0.6 is 0 Å². The molecule has 8 heteroatoms. The number of hydrogen-bond donors (Lipinski definition) is 1. The van der Waals surface area contributed by atoms with Crippen LogP contribution in [0.4, 0.5) is 0 Å². The number of imide groups is 1. The van der Waals surface area contributed by atoms with Gasteiger partial charge in [-0.05, 0) is 38.0 Å². The fraction of sp³-hybridized carbons (Fsp3) is 0.381. The van der Waals surface area contributed by atoms with Crippen molar-refractivity contribution in [3.8, 4) is 6.07 Å². The molecule has 0 spiro atoms. The van der Waals surface area contributed by atoms with Crippen LogP contribution in [-0.4, -0.2) is 46.8 Å². The lowest BCUT2D eigenvalue weighted by Crippen LogP contribution is -2.52. The number of nitrogens with one attached hydrogen (secondary N) is 1. The number of nitriles is 1. The second-order valence-corrected chi connectivity index (χ2v) is 7.28. The van der Waals surface area contributed by atoms with Crippen LogP contribution in [0.1, 0.15) is 58.8 Å². The predicted octanol–water partition coefficient (Wildman–Crippen LogP) is 2.07. The van der Waals surface area contributed by atoms with E-state index in [0.29, 0.717) is 0 Å². The molecule has 8 nitrogen and oxygen atoms in total. The van der Waals surface area contributed by atoms with Gasteiger partial charge in [-0.15, -0.1) is 6.58 Å². The smallest absolute Gasteiger partial charge is 0.338 e. The van der Waals surface area contributed by atoms with Gasteiger partial charge < -0.3 is 10.1 Å². The number of benzene rings is 1. The lowest BCUT2D eigenvalue weighted by Gasteiger charge is -2.28. The van der Waals surface area contributed by atoms with Crippen LogP contribution in [0.2, 0.25) is 0 Å². The Labute approximate surface area is 169 Å². The highest BCUT2D eigenvalue weighted by atomic mass is 16.5. The average molecular weight is 397 g/mol. The Morgan fingerprint density at radius 1 is 1.28 bits per heavy atom. The minimum absolute atomic E-state index is 0.0388. The summed E-state index contributed by atoms with van der Waals surface area (Å²) in [5, 5.41) is 11.9. The highest BCUT2D eigenvalue weighted by Gasteiger charge is 2.36. The second-order valence-electron chi connectivity index (χ2n) is 7.28. The molecule has 1 aliphatic rings. The van der Waals surface area contributed by atoms with E-state index in [0.717, 1.165) is 4.90 Å². The summed E-state index contributed by atoms with van der Waals surface area (Å²) in [7, 11) is 0. The number of amides is 3. The zero-order valence-electron chi connectivity index (χ0n) is 16.8. The number of fused-ring (bicyclic) bond motifs is 1. The summed E-state index contributed by atoms with van der Waals surface area (Å²) in [4.78, 5) is 50.4. The molecule has 0 fully saturated rings. The molecule has 2 atom stereocenters. The van der Waals surface area contributed by atoms with E-state index in [9.17, 15) is 24.4 Å². The Hall–Kier alpha value is -3.47. The van der Waals surface area contributed by atoms with Crippen LogP contribution in [0.15, 0.2) is 30.9 Å². The largest absolute Gasteiger partial charge is 0.449 e. The maximum absolute atomic E-state index is 12.4. The number of esters is 1. The number of carbonyl (C=O) groups excluding carboxylic acids is 4. The zero-order chi connectivity index (χ0) is 21.9. The topological polar surface area (TPSA) is 117 Å². The first-order valence-electron chi connectivity index (χ1n) is 9.11. The highest BCUT2D eigenvalue weighted by molar-refractivity contribution is 6.22. The van der Waals surface area contributed by atoms with Crippen molar-refractivity contribution >= 4 is 23.7 Å². The van der Waals surface area contributed by atoms with E-state index >= 15 is 0 Å². The maximum atomic E-state index is 12.4. The van der Waals surface area contributed by atoms with Gasteiger partial charge in [0.2, 0.25) is 0 Å². The summed E-state index contributed by atoms with van der Waals surface area (Å²) in [6, 6.07) is 6.07. The zero-order valence-corrected chi connectivity index (χ0v) is 16.8. The summed E-state index contributed by atoms with van der Waals surface area (Å²) >= 11 is 0. The molecule has 3 amide bonds. The molecule has 1 aromatic carbocycles. The molecule has 0 radical (unpaired) electrons. The summed E-state index contributed by atoms with van der Waals surface area (Å²) < 4.78 is 5.18. The van der Waals surface area contributed by atoms with Crippen molar-refractivity contribution in [3.63, 3.8) is 0 Å². The Kier molecular flexibility index (Phi) is 6.22. The fourth-order valence-electron chi connectivity index (χ4n) is 2.65. The molecule has 0 saturated carbocycles. The molecular weight excluding hydrogens is 374 g/mol. The Morgan fingerprint density at radius 2 is 1.90 bits per heavy atom. The molecular formula is C21H23N3O5. The van der Waals surface area contributed by atoms with E-state index < -0.39 is 35.3 Å². The van der Waals surface area contributed by atoms with E-state index in [1.165, 1.54) is 31.2 Å². The maximum Gasteiger partial charge on any atom is 0.338 e. The first-order chi connectivity index (χ1) is 13.6. The summed E-state index contributed by atoms with van der Waals surface area (Å²) in [5.41, 5.74) is -0.773. The molecule has 0 aliphatic carbocycles. The first kappa shape index (κ1) is 21.8. The Morgan fingerprint density at radius 3 is 2.45 bits per heavy atom. The van der Waals surface area contributed by atoms with Gasteiger partial charge in [0, 0.05) is 6.54 Å². The third kappa shape index (κ3) is 4.19. The average Bonchev–Trinajstić information content (AvgIpc) is 2.92. The van der Waals surface area contributed by atoms with Crippen molar-refractivity contribution in [2.24, 2.45) is 5.92 Å². The quantitative estimate of drug-likeness (QED) is 0.428. The van der Waals surface area contributed by atoms with Crippen molar-refractivity contribution in [2.75, 3.05) is 6.54 Å². The van der Waals surface area contributed by atoms with Crippen LogP contribution in [0.3, 0.4) is 0 Å². The van der Waals surface area contributed by atoms with Crippen LogP contribution in [-0.2, 0) is 9.53 Å². The van der Waals surface area contributed by atoms with Gasteiger partial charge >= 0.3 is 5.97 Å². The van der Waals surface area contributed by atoms with Crippen molar-refractivity contribution in [1.82, 2.24) is 10.2 Å². The van der Waals surface area contributed by atoms with Gasteiger partial charge in [0.05, 0.1) is 22.8 Å². The van der Waals surface area contributed by atoms with E-state index in [1.807, 2.05) is 6.07 Å². The Bertz CT molecular complexity index is 931. The summed E-state index contributed by atoms with van der Waals surface area (Å²) in [6.45, 7) is 10.1. The number of ether oxygens (including phenoxy) is 1. The fourth-order valence-corrected chi connectivity index (χ4v) is 2.65. The van der Waals surface area contributed by atoms with E-state index in [2.05, 4.69) is 11.9 Å². The number of hydrogen-bond acceptors (Lipinski definition) is 6. The van der Waals surface area contributed by atoms with Crippen LogP contribution in [0.5, 0.6) is 0 Å². The van der Waals surface area contributed by atoms with E-state index in [4.69, 9.17) is 4.74 Å². The minimum Gasteiger partial charge on any atom is -0.449 e. The van der Waals surface area contributed by atoms with Crippen molar-refractivity contribution in [1.29, 1.82) is 5.26 Å². The SMILES string of the molecule is C=CCN1C(=O)c2ccc(C(=O)O[C@@H](C)C(=O)N[C@@](C)(C#N)C(C)C)cc2C1=O. The highest BCUT2D eigenvalue weighted by Crippen LogP contribution is 2.24. The normalized spacial score (nSPS) is 15.9. The molecule has 1 heterocycles. The van der Waals surface area contributed by atoms with Crippen LogP contribution in [0, 0.1) is 17.2 Å². The van der Waals surface area contributed by atoms with Crippen molar-refractivity contribution < 1.29 is 23.9 Å². The molecule has 2 rings (SSSR count). The van der Waals surface area contributed by atoms with Crippen LogP contribution in [0.25, 0.3) is 0 Å². The summed E-state index contributed by atoms with van der Waals surface area (Å²) in [6.07, 6.45) is 0.278. The van der Waals surface area contributed by atoms with Gasteiger partial charge in [-0.3, -0.25) is 19.3 Å². The van der Waals surface area contributed by atoms with E-state index in [1.54, 1.807) is 20.8 Å².